The van der Waals surface area contributed by atoms with Gasteiger partial charge in [-0.1, -0.05) is 6.07 Å². The minimum absolute atomic E-state index is 0.0663. The fraction of sp³-hybridized carbons (Fsp3) is 0.222. The zero-order valence-corrected chi connectivity index (χ0v) is 14.7. The molecule has 4 heterocycles. The maximum Gasteiger partial charge on any atom is 0.231 e. The summed E-state index contributed by atoms with van der Waals surface area (Å²) in [5.74, 6) is 2.19. The Morgan fingerprint density at radius 1 is 1.35 bits per heavy atom. The molecular weight excluding hydrogens is 354 g/mol. The highest BCUT2D eigenvalue weighted by Gasteiger charge is 2.34. The average Bonchev–Trinajstić information content (AvgIpc) is 3.38. The number of benzene rings is 1. The zero-order valence-electron chi connectivity index (χ0n) is 13.9. The van der Waals surface area contributed by atoms with Crippen LogP contribution in [0.4, 0.5) is 5.82 Å². The van der Waals surface area contributed by atoms with E-state index in [2.05, 4.69) is 15.5 Å². The molecule has 1 aromatic carbocycles. The molecule has 0 fully saturated rings. The van der Waals surface area contributed by atoms with Gasteiger partial charge in [-0.2, -0.15) is 5.10 Å². The Labute approximate surface area is 152 Å². The van der Waals surface area contributed by atoms with Crippen LogP contribution in [-0.4, -0.2) is 30.0 Å². The van der Waals surface area contributed by atoms with Gasteiger partial charge in [0.1, 0.15) is 0 Å². The molecule has 1 amide bonds. The monoisotopic (exact) mass is 369 g/mol. The summed E-state index contributed by atoms with van der Waals surface area (Å²) in [4.78, 5) is 13.3. The highest BCUT2D eigenvalue weighted by atomic mass is 32.1. The number of thiophene rings is 1. The van der Waals surface area contributed by atoms with Gasteiger partial charge in [-0.25, -0.2) is 0 Å². The maximum atomic E-state index is 12.2. The van der Waals surface area contributed by atoms with Crippen LogP contribution < -0.4 is 19.5 Å². The number of rotatable bonds is 3. The van der Waals surface area contributed by atoms with E-state index in [1.54, 1.807) is 18.4 Å². The van der Waals surface area contributed by atoms with Crippen molar-refractivity contribution in [1.29, 1.82) is 0 Å². The van der Waals surface area contributed by atoms with Gasteiger partial charge in [0.25, 0.3) is 0 Å². The molecule has 26 heavy (non-hydrogen) atoms. The third-order valence-corrected chi connectivity index (χ3v) is 5.54. The van der Waals surface area contributed by atoms with Crippen molar-refractivity contribution < 1.29 is 19.0 Å². The van der Waals surface area contributed by atoms with Crippen molar-refractivity contribution in [2.75, 3.05) is 19.2 Å². The number of amides is 1. The summed E-state index contributed by atoms with van der Waals surface area (Å²) in [6, 6.07) is 7.86. The first-order chi connectivity index (χ1) is 12.7. The normalized spacial score (nSPS) is 17.7. The summed E-state index contributed by atoms with van der Waals surface area (Å²) in [5, 5.41) is 12.3. The lowest BCUT2D eigenvalue weighted by molar-refractivity contribution is -0.116. The van der Waals surface area contributed by atoms with Crippen LogP contribution in [0.2, 0.25) is 0 Å². The Morgan fingerprint density at radius 3 is 3.08 bits per heavy atom. The van der Waals surface area contributed by atoms with E-state index in [9.17, 15) is 4.79 Å². The number of ether oxygens (including phenoxy) is 3. The van der Waals surface area contributed by atoms with Crippen LogP contribution in [0.1, 0.15) is 23.5 Å². The summed E-state index contributed by atoms with van der Waals surface area (Å²) in [6.45, 7) is 0.164. The minimum Gasteiger partial charge on any atom is -0.493 e. The highest BCUT2D eigenvalue weighted by Crippen LogP contribution is 2.48. The van der Waals surface area contributed by atoms with Gasteiger partial charge in [0.05, 0.1) is 17.7 Å². The molecule has 5 rings (SSSR count). The van der Waals surface area contributed by atoms with Crippen LogP contribution in [0.15, 0.2) is 29.6 Å². The lowest BCUT2D eigenvalue weighted by Gasteiger charge is -2.24. The number of hydrogen-bond donors (Lipinski definition) is 2. The van der Waals surface area contributed by atoms with Gasteiger partial charge in [-0.05, 0) is 29.1 Å². The SMILES string of the molecule is COc1cc(C2CC(=O)Nc3n[nH]c(-c4cccs4)c32)cc2c1OCO2. The first-order valence-corrected chi connectivity index (χ1v) is 9.02. The number of aromatic amines is 1. The molecule has 2 aliphatic heterocycles. The number of anilines is 1. The first-order valence-electron chi connectivity index (χ1n) is 8.14. The zero-order chi connectivity index (χ0) is 17.7. The smallest absolute Gasteiger partial charge is 0.231 e. The number of nitrogens with zero attached hydrogens (tertiary/aromatic N) is 1. The molecule has 0 saturated carbocycles. The number of hydrogen-bond acceptors (Lipinski definition) is 6. The molecule has 2 aromatic heterocycles. The molecule has 132 valence electrons. The van der Waals surface area contributed by atoms with Crippen molar-refractivity contribution in [3.05, 3.63) is 40.8 Å². The molecule has 2 N–H and O–H groups in total. The lowest BCUT2D eigenvalue weighted by atomic mass is 9.85. The number of methoxy groups -OCH3 is 1. The molecule has 1 atom stereocenters. The van der Waals surface area contributed by atoms with E-state index in [4.69, 9.17) is 14.2 Å². The van der Waals surface area contributed by atoms with Gasteiger partial charge in [-0.3, -0.25) is 9.89 Å². The highest BCUT2D eigenvalue weighted by molar-refractivity contribution is 7.13. The van der Waals surface area contributed by atoms with Crippen LogP contribution in [0.3, 0.4) is 0 Å². The van der Waals surface area contributed by atoms with E-state index in [1.165, 1.54) is 0 Å². The largest absolute Gasteiger partial charge is 0.493 e. The molecular formula is C18H15N3O4S. The molecule has 0 bridgehead atoms. The van der Waals surface area contributed by atoms with Gasteiger partial charge < -0.3 is 19.5 Å². The Bertz CT molecular complexity index is 996. The Kier molecular flexibility index (Phi) is 3.39. The summed E-state index contributed by atoms with van der Waals surface area (Å²) in [5.41, 5.74) is 2.84. The molecule has 0 aliphatic carbocycles. The number of aromatic nitrogens is 2. The van der Waals surface area contributed by atoms with Gasteiger partial charge in [0.2, 0.25) is 18.4 Å². The maximum absolute atomic E-state index is 12.2. The summed E-state index contributed by atoms with van der Waals surface area (Å²) >= 11 is 1.63. The van der Waals surface area contributed by atoms with Gasteiger partial charge >= 0.3 is 0 Å². The topological polar surface area (TPSA) is 85.5 Å². The van der Waals surface area contributed by atoms with Crippen molar-refractivity contribution in [2.45, 2.75) is 12.3 Å². The van der Waals surface area contributed by atoms with Crippen LogP contribution in [0.5, 0.6) is 17.2 Å². The van der Waals surface area contributed by atoms with E-state index in [0.717, 1.165) is 21.7 Å². The van der Waals surface area contributed by atoms with Crippen LogP contribution in [0.25, 0.3) is 10.6 Å². The fourth-order valence-electron chi connectivity index (χ4n) is 3.50. The van der Waals surface area contributed by atoms with E-state index < -0.39 is 0 Å². The lowest BCUT2D eigenvalue weighted by Crippen LogP contribution is -2.23. The quantitative estimate of drug-likeness (QED) is 0.739. The van der Waals surface area contributed by atoms with E-state index in [1.807, 2.05) is 29.6 Å². The van der Waals surface area contributed by atoms with Crippen molar-refractivity contribution in [1.82, 2.24) is 10.2 Å². The van der Waals surface area contributed by atoms with Crippen molar-refractivity contribution in [2.24, 2.45) is 0 Å². The average molecular weight is 369 g/mol. The van der Waals surface area contributed by atoms with E-state index >= 15 is 0 Å². The molecule has 0 spiro atoms. The molecule has 2 aliphatic rings. The van der Waals surface area contributed by atoms with Crippen molar-refractivity contribution >= 4 is 23.1 Å². The third-order valence-electron chi connectivity index (χ3n) is 4.65. The summed E-state index contributed by atoms with van der Waals surface area (Å²) in [6.07, 6.45) is 0.327. The molecule has 1 unspecified atom stereocenters. The molecule has 8 heteroatoms. The molecule has 0 radical (unpaired) electrons. The second-order valence-corrected chi connectivity index (χ2v) is 7.05. The molecule has 0 saturated heterocycles. The minimum atomic E-state index is -0.155. The van der Waals surface area contributed by atoms with E-state index in [0.29, 0.717) is 29.5 Å². The Hall–Kier alpha value is -3.00. The summed E-state index contributed by atoms with van der Waals surface area (Å²) in [7, 11) is 1.59. The number of nitrogens with one attached hydrogen (secondary N) is 2. The molecule has 3 aromatic rings. The van der Waals surface area contributed by atoms with E-state index in [-0.39, 0.29) is 18.6 Å². The standard InChI is InChI=1S/C18H15N3O4S/c1-23-11-5-9(6-12-17(11)25-8-24-12)10-7-14(22)19-18-15(10)16(20-21-18)13-3-2-4-26-13/h2-6,10H,7-8H2,1H3,(H2,19,20,21,22). The van der Waals surface area contributed by atoms with Gasteiger partial charge in [0.15, 0.2) is 17.3 Å². The number of carbonyl (C=O) groups is 1. The Balaban J connectivity index is 1.68. The van der Waals surface area contributed by atoms with Gasteiger partial charge in [0, 0.05) is 17.9 Å². The van der Waals surface area contributed by atoms with Crippen molar-refractivity contribution in [3.63, 3.8) is 0 Å². The summed E-state index contributed by atoms with van der Waals surface area (Å²) < 4.78 is 16.5. The Morgan fingerprint density at radius 2 is 2.27 bits per heavy atom. The third kappa shape index (κ3) is 2.26. The predicted molar refractivity (Wildman–Crippen MR) is 96.1 cm³/mol. The van der Waals surface area contributed by atoms with Crippen LogP contribution in [-0.2, 0) is 4.79 Å². The van der Waals surface area contributed by atoms with Gasteiger partial charge in [-0.15, -0.1) is 11.3 Å². The number of carbonyl (C=O) groups excluding carboxylic acids is 1. The molecule has 7 nitrogen and oxygen atoms in total. The van der Waals surface area contributed by atoms with Crippen LogP contribution >= 0.6 is 11.3 Å². The second-order valence-electron chi connectivity index (χ2n) is 6.10. The van der Waals surface area contributed by atoms with Crippen LogP contribution in [0, 0.1) is 0 Å². The number of fused-ring (bicyclic) bond motifs is 2. The van der Waals surface area contributed by atoms with Crippen molar-refractivity contribution in [3.8, 4) is 27.8 Å². The first kappa shape index (κ1) is 15.3. The second kappa shape index (κ2) is 5.77. The number of H-pyrrole nitrogens is 1. The fourth-order valence-corrected chi connectivity index (χ4v) is 4.23. The predicted octanol–water partition coefficient (Wildman–Crippen LogP) is 3.35.